The summed E-state index contributed by atoms with van der Waals surface area (Å²) >= 11 is 0. The van der Waals surface area contributed by atoms with Crippen LogP contribution < -0.4 is 0 Å². The third kappa shape index (κ3) is 4.06. The summed E-state index contributed by atoms with van der Waals surface area (Å²) in [6.45, 7) is 13.2. The maximum Gasteiger partial charge on any atom is 0.227 e. The lowest BCUT2D eigenvalue weighted by Crippen LogP contribution is -2.60. The third-order valence-electron chi connectivity index (χ3n) is 6.11. The zero-order chi connectivity index (χ0) is 21.1. The molecule has 4 saturated heterocycles. The van der Waals surface area contributed by atoms with E-state index in [1.807, 2.05) is 42.4 Å². The number of aliphatic hydroxyl groups is 1. The van der Waals surface area contributed by atoms with Crippen LogP contribution in [-0.2, 0) is 9.59 Å². The molecule has 4 fully saturated rings. The van der Waals surface area contributed by atoms with Gasteiger partial charge in [-0.3, -0.25) is 9.59 Å². The molecule has 2 N–H and O–H groups in total. The molecule has 0 radical (unpaired) electrons. The average molecular weight is 405 g/mol. The minimum Gasteiger partial charge on any atom is -0.393 e. The highest BCUT2D eigenvalue weighted by Gasteiger charge is 2.45. The maximum absolute atomic E-state index is 12.4. The number of ketones is 2. The van der Waals surface area contributed by atoms with Gasteiger partial charge in [-0.05, 0) is 40.5 Å². The van der Waals surface area contributed by atoms with E-state index >= 15 is 0 Å². The minimum atomic E-state index is -0.318. The Morgan fingerprint density at radius 2 is 1.28 bits per heavy atom. The van der Waals surface area contributed by atoms with Gasteiger partial charge in [0.25, 0.3) is 0 Å². The Bertz CT molecular complexity index is 771. The molecule has 0 aromatic carbocycles. The lowest BCUT2D eigenvalue weighted by atomic mass is 9.80. The number of carbonyl (C=O) groups is 2. The standard InChI is InChI=1S/C12H13N3O2.C9H19NO2/c16-9-7-8(13-1-2-13)12(17)11(15-5-6-15)10(9)14-3-4-14;1-8(2)5-7(11)6-9(3,4)10(8)12/h7H,1-6H2;7,11-12H,5-6H2,1-4H3. The molecule has 0 amide bonds. The van der Waals surface area contributed by atoms with Gasteiger partial charge in [0.05, 0.1) is 11.8 Å². The Balaban J connectivity index is 0.000000152. The number of hydroxylamine groups is 2. The van der Waals surface area contributed by atoms with Crippen LogP contribution in [0.25, 0.3) is 0 Å². The van der Waals surface area contributed by atoms with Crippen molar-refractivity contribution in [2.24, 2.45) is 0 Å². The quantitative estimate of drug-likeness (QED) is 0.522. The lowest BCUT2D eigenvalue weighted by Gasteiger charge is -2.50. The normalized spacial score (nSPS) is 28.2. The molecule has 0 aromatic heterocycles. The van der Waals surface area contributed by atoms with Crippen molar-refractivity contribution in [3.05, 3.63) is 23.2 Å². The fraction of sp³-hybridized carbons (Fsp3) is 0.714. The van der Waals surface area contributed by atoms with Gasteiger partial charge in [-0.25, -0.2) is 0 Å². The molecule has 0 spiro atoms. The molecule has 0 saturated carbocycles. The predicted molar refractivity (Wildman–Crippen MR) is 107 cm³/mol. The van der Waals surface area contributed by atoms with Crippen LogP contribution in [0.4, 0.5) is 0 Å². The van der Waals surface area contributed by atoms with Crippen LogP contribution in [0.1, 0.15) is 40.5 Å². The van der Waals surface area contributed by atoms with Gasteiger partial charge in [0.2, 0.25) is 11.6 Å². The van der Waals surface area contributed by atoms with E-state index in [2.05, 4.69) is 0 Å². The molecule has 8 nitrogen and oxygen atoms in total. The van der Waals surface area contributed by atoms with E-state index in [0.717, 1.165) is 39.3 Å². The average Bonchev–Trinajstić information content (AvgIpc) is 3.45. The fourth-order valence-electron chi connectivity index (χ4n) is 4.49. The Morgan fingerprint density at radius 3 is 1.72 bits per heavy atom. The second-order valence-electron chi connectivity index (χ2n) is 9.88. The van der Waals surface area contributed by atoms with E-state index in [1.165, 1.54) is 11.1 Å². The minimum absolute atomic E-state index is 0.00546. The summed E-state index contributed by atoms with van der Waals surface area (Å²) in [5.41, 5.74) is 1.25. The summed E-state index contributed by atoms with van der Waals surface area (Å²) in [4.78, 5) is 30.5. The predicted octanol–water partition coefficient (Wildman–Crippen LogP) is 0.570. The van der Waals surface area contributed by atoms with Crippen LogP contribution in [0.2, 0.25) is 0 Å². The van der Waals surface area contributed by atoms with Crippen molar-refractivity contribution < 1.29 is 19.9 Å². The van der Waals surface area contributed by atoms with Crippen molar-refractivity contribution in [1.82, 2.24) is 19.8 Å². The van der Waals surface area contributed by atoms with Gasteiger partial charge in [0.1, 0.15) is 11.4 Å². The lowest BCUT2D eigenvalue weighted by molar-refractivity contribution is -0.257. The van der Waals surface area contributed by atoms with Crippen molar-refractivity contribution in [2.75, 3.05) is 39.3 Å². The summed E-state index contributed by atoms with van der Waals surface area (Å²) in [6.07, 6.45) is 2.49. The molecule has 160 valence electrons. The largest absolute Gasteiger partial charge is 0.393 e. The first-order valence-electron chi connectivity index (χ1n) is 10.5. The molecule has 1 aliphatic carbocycles. The molecule has 4 heterocycles. The number of Topliss-reactive ketones (excluding diaryl/α,β-unsaturated/α-hetero) is 1. The number of aliphatic hydroxyl groups excluding tert-OH is 1. The van der Waals surface area contributed by atoms with Crippen molar-refractivity contribution in [3.8, 4) is 0 Å². The van der Waals surface area contributed by atoms with Gasteiger partial charge < -0.3 is 25.0 Å². The molecule has 0 unspecified atom stereocenters. The van der Waals surface area contributed by atoms with Crippen LogP contribution in [0.3, 0.4) is 0 Å². The zero-order valence-corrected chi connectivity index (χ0v) is 17.8. The van der Waals surface area contributed by atoms with E-state index in [-0.39, 0.29) is 28.7 Å². The number of hydrogen-bond donors (Lipinski definition) is 2. The molecule has 0 bridgehead atoms. The van der Waals surface area contributed by atoms with Gasteiger partial charge in [-0.2, -0.15) is 5.06 Å². The van der Waals surface area contributed by atoms with Crippen molar-refractivity contribution >= 4 is 11.6 Å². The summed E-state index contributed by atoms with van der Waals surface area (Å²) in [5.74, 6) is 0.0485. The first-order valence-corrected chi connectivity index (χ1v) is 10.5. The van der Waals surface area contributed by atoms with Crippen LogP contribution >= 0.6 is 0 Å². The first-order chi connectivity index (χ1) is 13.5. The smallest absolute Gasteiger partial charge is 0.227 e. The second-order valence-corrected chi connectivity index (χ2v) is 9.88. The van der Waals surface area contributed by atoms with E-state index in [4.69, 9.17) is 0 Å². The monoisotopic (exact) mass is 404 g/mol. The van der Waals surface area contributed by atoms with Crippen LogP contribution in [-0.4, -0.2) is 98.1 Å². The number of nitrogens with zero attached hydrogens (tertiary/aromatic N) is 4. The van der Waals surface area contributed by atoms with Crippen molar-refractivity contribution in [3.63, 3.8) is 0 Å². The number of piperidine rings is 1. The Morgan fingerprint density at radius 1 is 0.828 bits per heavy atom. The highest BCUT2D eigenvalue weighted by atomic mass is 16.5. The zero-order valence-electron chi connectivity index (χ0n) is 17.8. The van der Waals surface area contributed by atoms with E-state index < -0.39 is 0 Å². The number of carbonyl (C=O) groups excluding carboxylic acids is 2. The van der Waals surface area contributed by atoms with Crippen LogP contribution in [0, 0.1) is 0 Å². The van der Waals surface area contributed by atoms with Crippen LogP contribution in [0.15, 0.2) is 23.2 Å². The van der Waals surface area contributed by atoms with Crippen LogP contribution in [0.5, 0.6) is 0 Å². The highest BCUT2D eigenvalue weighted by Crippen LogP contribution is 2.36. The molecule has 4 aliphatic heterocycles. The maximum atomic E-state index is 12.4. The molecular weight excluding hydrogens is 372 g/mol. The Labute approximate surface area is 172 Å². The molecule has 5 aliphatic rings. The highest BCUT2D eigenvalue weighted by molar-refractivity contribution is 6.22. The molecule has 0 aromatic rings. The van der Waals surface area contributed by atoms with Gasteiger partial charge in [-0.1, -0.05) is 0 Å². The second kappa shape index (κ2) is 6.82. The van der Waals surface area contributed by atoms with Gasteiger partial charge in [0.15, 0.2) is 0 Å². The fourth-order valence-corrected chi connectivity index (χ4v) is 4.49. The summed E-state index contributed by atoms with van der Waals surface area (Å²) < 4.78 is 0. The van der Waals surface area contributed by atoms with Gasteiger partial charge >= 0.3 is 0 Å². The van der Waals surface area contributed by atoms with E-state index in [9.17, 15) is 19.9 Å². The topological polar surface area (TPSA) is 86.9 Å². The first kappa shape index (κ1) is 20.4. The Kier molecular flexibility index (Phi) is 4.79. The van der Waals surface area contributed by atoms with Gasteiger partial charge in [-0.15, -0.1) is 0 Å². The summed E-state index contributed by atoms with van der Waals surface area (Å²) in [7, 11) is 0. The molecule has 5 rings (SSSR count). The van der Waals surface area contributed by atoms with E-state index in [1.54, 1.807) is 0 Å². The Hall–Kier alpha value is -1.90. The molecular formula is C21H32N4O4. The number of hydrogen-bond acceptors (Lipinski definition) is 8. The molecule has 8 heteroatoms. The summed E-state index contributed by atoms with van der Waals surface area (Å²) in [5, 5.41) is 20.7. The summed E-state index contributed by atoms with van der Waals surface area (Å²) in [6, 6.07) is 0. The van der Waals surface area contributed by atoms with Crippen molar-refractivity contribution in [1.29, 1.82) is 0 Å². The van der Waals surface area contributed by atoms with E-state index in [0.29, 0.717) is 29.9 Å². The SMILES string of the molecule is CC1(C)CC(O)CC(C)(C)N1O.O=C1C=C(N2CC2)C(=O)C(N2CC2)=C1N1CC1. The third-order valence-corrected chi connectivity index (χ3v) is 6.11. The number of allylic oxidation sites excluding steroid dienone is 1. The van der Waals surface area contributed by atoms with Crippen molar-refractivity contribution in [2.45, 2.75) is 57.7 Å². The van der Waals surface area contributed by atoms with Gasteiger partial charge in [0, 0.05) is 56.4 Å². The number of rotatable bonds is 3. The molecule has 0 atom stereocenters. The molecule has 29 heavy (non-hydrogen) atoms.